The molecule has 1 N–H and O–H groups in total. The van der Waals surface area contributed by atoms with Crippen LogP contribution >= 0.6 is 11.6 Å². The lowest BCUT2D eigenvalue weighted by Gasteiger charge is -2.08. The highest BCUT2D eigenvalue weighted by atomic mass is 35.5. The lowest BCUT2D eigenvalue weighted by atomic mass is 10.1. The Morgan fingerprint density at radius 3 is 2.53 bits per heavy atom. The van der Waals surface area contributed by atoms with Gasteiger partial charge < -0.3 is 5.32 Å². The van der Waals surface area contributed by atoms with Crippen molar-refractivity contribution in [2.24, 2.45) is 0 Å². The van der Waals surface area contributed by atoms with E-state index in [9.17, 15) is 13.6 Å². The topological polar surface area (TPSA) is 29.1 Å². The number of carbonyl (C=O) groups is 1. The first-order valence-electron chi connectivity index (χ1n) is 5.50. The fourth-order valence-corrected chi connectivity index (χ4v) is 1.73. The van der Waals surface area contributed by atoms with Crippen LogP contribution in [-0.2, 0) is 0 Å². The quantitative estimate of drug-likeness (QED) is 0.879. The van der Waals surface area contributed by atoms with Crippen LogP contribution in [0.4, 0.5) is 14.5 Å². The standard InChI is InChI=1S/C14H10ClF2NO/c1-8-2-3-9(6-12(8)17)14(19)18-13-5-4-10(16)7-11(13)15/h2-7H,1H3,(H,18,19). The lowest BCUT2D eigenvalue weighted by Crippen LogP contribution is -2.12. The van der Waals surface area contributed by atoms with Crippen LogP contribution in [0.3, 0.4) is 0 Å². The summed E-state index contributed by atoms with van der Waals surface area (Å²) < 4.78 is 26.2. The van der Waals surface area contributed by atoms with E-state index in [-0.39, 0.29) is 16.3 Å². The first kappa shape index (κ1) is 13.5. The number of hydrogen-bond donors (Lipinski definition) is 1. The molecule has 2 nitrogen and oxygen atoms in total. The molecule has 0 fully saturated rings. The lowest BCUT2D eigenvalue weighted by molar-refractivity contribution is 0.102. The number of nitrogens with one attached hydrogen (secondary N) is 1. The molecule has 0 saturated heterocycles. The third kappa shape index (κ3) is 3.09. The average Bonchev–Trinajstić information content (AvgIpc) is 2.36. The number of halogens is 3. The Labute approximate surface area is 114 Å². The van der Waals surface area contributed by atoms with Crippen molar-refractivity contribution in [1.82, 2.24) is 0 Å². The molecule has 0 heterocycles. The number of aryl methyl sites for hydroxylation is 1. The molecule has 0 bridgehead atoms. The second-order valence-electron chi connectivity index (χ2n) is 4.04. The maximum Gasteiger partial charge on any atom is 0.255 e. The monoisotopic (exact) mass is 281 g/mol. The first-order chi connectivity index (χ1) is 8.97. The molecular formula is C14H10ClF2NO. The van der Waals surface area contributed by atoms with E-state index in [1.54, 1.807) is 6.92 Å². The molecule has 0 aliphatic rings. The molecule has 0 atom stereocenters. The Morgan fingerprint density at radius 1 is 1.16 bits per heavy atom. The zero-order valence-electron chi connectivity index (χ0n) is 10.0. The summed E-state index contributed by atoms with van der Waals surface area (Å²) in [6, 6.07) is 7.77. The predicted molar refractivity (Wildman–Crippen MR) is 70.5 cm³/mol. The largest absolute Gasteiger partial charge is 0.321 e. The van der Waals surface area contributed by atoms with E-state index in [1.165, 1.54) is 24.3 Å². The maximum atomic E-state index is 13.4. The van der Waals surface area contributed by atoms with Gasteiger partial charge in [-0.05, 0) is 42.8 Å². The normalized spacial score (nSPS) is 10.3. The summed E-state index contributed by atoms with van der Waals surface area (Å²) in [5, 5.41) is 2.58. The molecule has 0 saturated carbocycles. The molecule has 2 rings (SSSR count). The Hall–Kier alpha value is -1.94. The minimum absolute atomic E-state index is 0.0842. The van der Waals surface area contributed by atoms with E-state index in [1.807, 2.05) is 0 Å². The van der Waals surface area contributed by atoms with Crippen molar-refractivity contribution >= 4 is 23.2 Å². The van der Waals surface area contributed by atoms with Crippen molar-refractivity contribution in [3.05, 3.63) is 64.2 Å². The number of benzene rings is 2. The number of anilines is 1. The third-order valence-electron chi connectivity index (χ3n) is 2.61. The molecule has 2 aromatic rings. The fraction of sp³-hybridized carbons (Fsp3) is 0.0714. The van der Waals surface area contributed by atoms with Crippen LogP contribution < -0.4 is 5.32 Å². The van der Waals surface area contributed by atoms with Gasteiger partial charge in [-0.15, -0.1) is 0 Å². The molecule has 0 aliphatic heterocycles. The predicted octanol–water partition coefficient (Wildman–Crippen LogP) is 4.18. The SMILES string of the molecule is Cc1ccc(C(=O)Nc2ccc(F)cc2Cl)cc1F. The number of amides is 1. The van der Waals surface area contributed by atoms with E-state index >= 15 is 0 Å². The zero-order valence-corrected chi connectivity index (χ0v) is 10.8. The summed E-state index contributed by atoms with van der Waals surface area (Å²) in [5.41, 5.74) is 0.897. The molecule has 0 aromatic heterocycles. The van der Waals surface area contributed by atoms with Crippen LogP contribution in [0.2, 0.25) is 5.02 Å². The summed E-state index contributed by atoms with van der Waals surface area (Å²) in [4.78, 5) is 11.9. The minimum atomic E-state index is -0.507. The van der Waals surface area contributed by atoms with Crippen LogP contribution in [0.15, 0.2) is 36.4 Å². The highest BCUT2D eigenvalue weighted by molar-refractivity contribution is 6.33. The number of carbonyl (C=O) groups excluding carboxylic acids is 1. The molecule has 98 valence electrons. The van der Waals surface area contributed by atoms with Gasteiger partial charge in [-0.25, -0.2) is 8.78 Å². The van der Waals surface area contributed by atoms with Gasteiger partial charge in [0.05, 0.1) is 10.7 Å². The van der Waals surface area contributed by atoms with Crippen LogP contribution in [0.5, 0.6) is 0 Å². The van der Waals surface area contributed by atoms with E-state index in [2.05, 4.69) is 5.32 Å². The van der Waals surface area contributed by atoms with E-state index in [4.69, 9.17) is 11.6 Å². The van der Waals surface area contributed by atoms with Crippen LogP contribution in [0.25, 0.3) is 0 Å². The molecule has 0 aliphatic carbocycles. The van der Waals surface area contributed by atoms with Gasteiger partial charge in [0.2, 0.25) is 0 Å². The number of hydrogen-bond acceptors (Lipinski definition) is 1. The maximum absolute atomic E-state index is 13.4. The molecular weight excluding hydrogens is 272 g/mol. The van der Waals surface area contributed by atoms with E-state index in [0.717, 1.165) is 12.1 Å². The van der Waals surface area contributed by atoms with Gasteiger partial charge in [-0.2, -0.15) is 0 Å². The van der Waals surface area contributed by atoms with E-state index in [0.29, 0.717) is 5.56 Å². The average molecular weight is 282 g/mol. The van der Waals surface area contributed by atoms with Crippen LogP contribution in [0, 0.1) is 18.6 Å². The van der Waals surface area contributed by atoms with Crippen molar-refractivity contribution in [2.75, 3.05) is 5.32 Å². The minimum Gasteiger partial charge on any atom is -0.321 e. The van der Waals surface area contributed by atoms with E-state index < -0.39 is 17.5 Å². The summed E-state index contributed by atoms with van der Waals surface area (Å²) in [6.07, 6.45) is 0. The molecule has 0 radical (unpaired) electrons. The van der Waals surface area contributed by atoms with Crippen LogP contribution in [-0.4, -0.2) is 5.91 Å². The van der Waals surface area contributed by atoms with Crippen molar-refractivity contribution in [3.63, 3.8) is 0 Å². The summed E-state index contributed by atoms with van der Waals surface area (Å²) >= 11 is 5.79. The Bertz CT molecular complexity index is 643. The van der Waals surface area contributed by atoms with Gasteiger partial charge in [-0.1, -0.05) is 17.7 Å². The van der Waals surface area contributed by atoms with Crippen molar-refractivity contribution in [1.29, 1.82) is 0 Å². The van der Waals surface area contributed by atoms with Crippen LogP contribution in [0.1, 0.15) is 15.9 Å². The van der Waals surface area contributed by atoms with Crippen molar-refractivity contribution < 1.29 is 13.6 Å². The summed E-state index contributed by atoms with van der Waals surface area (Å²) in [6.45, 7) is 1.61. The Morgan fingerprint density at radius 2 is 1.89 bits per heavy atom. The van der Waals surface area contributed by atoms with Gasteiger partial charge in [0.15, 0.2) is 0 Å². The Kier molecular flexibility index (Phi) is 3.81. The van der Waals surface area contributed by atoms with Gasteiger partial charge in [0.1, 0.15) is 11.6 Å². The van der Waals surface area contributed by atoms with Gasteiger partial charge >= 0.3 is 0 Å². The summed E-state index contributed by atoms with van der Waals surface area (Å²) in [7, 11) is 0. The molecule has 1 amide bonds. The second kappa shape index (κ2) is 5.36. The third-order valence-corrected chi connectivity index (χ3v) is 2.93. The summed E-state index contributed by atoms with van der Waals surface area (Å²) in [5.74, 6) is -1.46. The highest BCUT2D eigenvalue weighted by Gasteiger charge is 2.10. The highest BCUT2D eigenvalue weighted by Crippen LogP contribution is 2.23. The van der Waals surface area contributed by atoms with Gasteiger partial charge in [0.25, 0.3) is 5.91 Å². The molecule has 19 heavy (non-hydrogen) atoms. The molecule has 5 heteroatoms. The van der Waals surface area contributed by atoms with Crippen molar-refractivity contribution in [2.45, 2.75) is 6.92 Å². The van der Waals surface area contributed by atoms with Crippen molar-refractivity contribution in [3.8, 4) is 0 Å². The van der Waals surface area contributed by atoms with Gasteiger partial charge in [-0.3, -0.25) is 4.79 Å². The number of rotatable bonds is 2. The Balaban J connectivity index is 2.23. The zero-order chi connectivity index (χ0) is 14.0. The molecule has 0 spiro atoms. The molecule has 2 aromatic carbocycles. The second-order valence-corrected chi connectivity index (χ2v) is 4.45. The first-order valence-corrected chi connectivity index (χ1v) is 5.88. The smallest absolute Gasteiger partial charge is 0.255 e. The fourth-order valence-electron chi connectivity index (χ4n) is 1.52. The van der Waals surface area contributed by atoms with Gasteiger partial charge in [0, 0.05) is 5.56 Å². The molecule has 0 unspecified atom stereocenters.